The lowest BCUT2D eigenvalue weighted by molar-refractivity contribution is -0.137. The first-order valence-electron chi connectivity index (χ1n) is 7.87. The van der Waals surface area contributed by atoms with Crippen molar-refractivity contribution in [1.82, 2.24) is 20.0 Å². The van der Waals surface area contributed by atoms with E-state index in [1.165, 1.54) is 6.92 Å². The first kappa shape index (κ1) is 14.8. The van der Waals surface area contributed by atoms with Gasteiger partial charge in [0.15, 0.2) is 0 Å². The zero-order chi connectivity index (χ0) is 15.5. The van der Waals surface area contributed by atoms with Crippen LogP contribution in [0.25, 0.3) is 0 Å². The number of fused-ring (bicyclic) bond motifs is 1. The van der Waals surface area contributed by atoms with E-state index in [1.54, 1.807) is 0 Å². The second-order valence-electron chi connectivity index (χ2n) is 6.00. The molecular weight excluding hydrogens is 280 g/mol. The Morgan fingerprint density at radius 1 is 1.36 bits per heavy atom. The Kier molecular flexibility index (Phi) is 4.27. The van der Waals surface area contributed by atoms with Gasteiger partial charge in [0.1, 0.15) is 0 Å². The number of nitrogens with one attached hydrogen (secondary N) is 1. The zero-order valence-corrected chi connectivity index (χ0v) is 12.9. The smallest absolute Gasteiger partial charge is 0.226 e. The zero-order valence-electron chi connectivity index (χ0n) is 12.9. The molecule has 0 saturated heterocycles. The van der Waals surface area contributed by atoms with Gasteiger partial charge >= 0.3 is 0 Å². The Hall–Kier alpha value is -2.11. The predicted molar refractivity (Wildman–Crippen MR) is 81.6 cm³/mol. The Morgan fingerprint density at radius 3 is 2.95 bits per heavy atom. The summed E-state index contributed by atoms with van der Waals surface area (Å²) in [5, 5.41) is 7.24. The number of hydrogen-bond acceptors (Lipinski definition) is 3. The molecule has 1 N–H and O–H groups in total. The van der Waals surface area contributed by atoms with Gasteiger partial charge in [0.2, 0.25) is 11.8 Å². The van der Waals surface area contributed by atoms with Crippen LogP contribution in [0.4, 0.5) is 0 Å². The summed E-state index contributed by atoms with van der Waals surface area (Å²) in [4.78, 5) is 25.5. The number of amides is 2. The van der Waals surface area contributed by atoms with Crippen LogP contribution in [0.2, 0.25) is 0 Å². The number of hydrogen-bond donors (Lipinski definition) is 1. The van der Waals surface area contributed by atoms with Gasteiger partial charge in [-0.25, -0.2) is 0 Å². The van der Waals surface area contributed by atoms with Crippen molar-refractivity contribution in [1.29, 1.82) is 0 Å². The molecule has 22 heavy (non-hydrogen) atoms. The Labute approximate surface area is 130 Å². The molecule has 2 heterocycles. The third-order valence-electron chi connectivity index (χ3n) is 4.30. The van der Waals surface area contributed by atoms with Gasteiger partial charge in [0, 0.05) is 19.4 Å². The first-order valence-corrected chi connectivity index (χ1v) is 7.87. The Morgan fingerprint density at radius 2 is 2.23 bits per heavy atom. The number of rotatable bonds is 3. The molecule has 118 valence electrons. The van der Waals surface area contributed by atoms with Crippen molar-refractivity contribution in [2.75, 3.05) is 6.54 Å². The molecule has 3 rings (SSSR count). The monoisotopic (exact) mass is 302 g/mol. The summed E-state index contributed by atoms with van der Waals surface area (Å²) < 4.78 is 1.95. The third kappa shape index (κ3) is 3.21. The average molecular weight is 302 g/mol. The molecule has 0 unspecified atom stereocenters. The highest BCUT2D eigenvalue weighted by Gasteiger charge is 2.27. The maximum absolute atomic E-state index is 12.6. The van der Waals surface area contributed by atoms with Crippen LogP contribution in [0.15, 0.2) is 18.2 Å². The molecule has 1 aromatic heterocycles. The van der Waals surface area contributed by atoms with Gasteiger partial charge in [-0.05, 0) is 25.3 Å². The van der Waals surface area contributed by atoms with E-state index in [2.05, 4.69) is 22.6 Å². The molecule has 6 heteroatoms. The van der Waals surface area contributed by atoms with Gasteiger partial charge in [0.25, 0.3) is 0 Å². The normalized spacial score (nSPS) is 20.6. The van der Waals surface area contributed by atoms with Crippen LogP contribution in [-0.4, -0.2) is 33.0 Å². The molecule has 1 aliphatic carbocycles. The van der Waals surface area contributed by atoms with E-state index in [-0.39, 0.29) is 17.7 Å². The maximum Gasteiger partial charge on any atom is 0.226 e. The van der Waals surface area contributed by atoms with Gasteiger partial charge in [-0.1, -0.05) is 12.2 Å². The highest BCUT2D eigenvalue weighted by Crippen LogP contribution is 2.23. The summed E-state index contributed by atoms with van der Waals surface area (Å²) in [6.07, 6.45) is 7.10. The summed E-state index contributed by atoms with van der Waals surface area (Å²) in [7, 11) is 0. The number of allylic oxidation sites excluding steroid dienone is 2. The summed E-state index contributed by atoms with van der Waals surface area (Å²) >= 11 is 0. The van der Waals surface area contributed by atoms with Crippen LogP contribution >= 0.6 is 0 Å². The summed E-state index contributed by atoms with van der Waals surface area (Å²) in [5.74, 6) is 0.340. The molecule has 1 aromatic rings. The number of nitrogens with zero attached hydrogens (tertiary/aromatic N) is 3. The van der Waals surface area contributed by atoms with Crippen LogP contribution in [0, 0.1) is 5.92 Å². The van der Waals surface area contributed by atoms with E-state index in [9.17, 15) is 9.59 Å². The summed E-state index contributed by atoms with van der Waals surface area (Å²) in [5.41, 5.74) is 1.89. The van der Waals surface area contributed by atoms with Gasteiger partial charge in [-0.3, -0.25) is 14.3 Å². The van der Waals surface area contributed by atoms with Crippen molar-refractivity contribution >= 4 is 11.8 Å². The molecule has 6 nitrogen and oxygen atoms in total. The van der Waals surface area contributed by atoms with Crippen LogP contribution in [-0.2, 0) is 29.2 Å². The molecule has 0 aromatic carbocycles. The van der Waals surface area contributed by atoms with Crippen molar-refractivity contribution in [2.24, 2.45) is 5.92 Å². The lowest BCUT2D eigenvalue weighted by Crippen LogP contribution is -2.41. The van der Waals surface area contributed by atoms with Crippen molar-refractivity contribution in [3.05, 3.63) is 29.6 Å². The molecule has 0 radical (unpaired) electrons. The quantitative estimate of drug-likeness (QED) is 0.854. The first-order chi connectivity index (χ1) is 10.6. The number of carbonyl (C=O) groups excluding carboxylic acids is 2. The van der Waals surface area contributed by atoms with E-state index in [0.29, 0.717) is 19.6 Å². The second-order valence-corrected chi connectivity index (χ2v) is 6.00. The van der Waals surface area contributed by atoms with E-state index in [4.69, 9.17) is 0 Å². The maximum atomic E-state index is 12.6. The van der Waals surface area contributed by atoms with Crippen molar-refractivity contribution in [3.63, 3.8) is 0 Å². The fourth-order valence-electron chi connectivity index (χ4n) is 3.09. The van der Waals surface area contributed by atoms with Crippen LogP contribution in [0.1, 0.15) is 37.6 Å². The topological polar surface area (TPSA) is 67.2 Å². The second kappa shape index (κ2) is 6.34. The van der Waals surface area contributed by atoms with E-state index in [0.717, 1.165) is 37.2 Å². The van der Waals surface area contributed by atoms with Crippen LogP contribution in [0.5, 0.6) is 0 Å². The van der Waals surface area contributed by atoms with Gasteiger partial charge in [0.05, 0.1) is 31.0 Å². The van der Waals surface area contributed by atoms with Crippen molar-refractivity contribution < 1.29 is 9.59 Å². The van der Waals surface area contributed by atoms with Gasteiger partial charge in [-0.2, -0.15) is 5.10 Å². The third-order valence-corrected chi connectivity index (χ3v) is 4.30. The average Bonchev–Trinajstić information content (AvgIpc) is 2.95. The van der Waals surface area contributed by atoms with Gasteiger partial charge in [-0.15, -0.1) is 0 Å². The fourth-order valence-corrected chi connectivity index (χ4v) is 3.09. The molecule has 2 aliphatic rings. The minimum Gasteiger partial charge on any atom is -0.351 e. The SMILES string of the molecule is CC(=O)NCc1cc2n(n1)CCN(C(=O)[C@H]1CC=CCC1)C2. The predicted octanol–water partition coefficient (Wildman–Crippen LogP) is 1.22. The highest BCUT2D eigenvalue weighted by atomic mass is 16.2. The van der Waals surface area contributed by atoms with Crippen molar-refractivity contribution in [3.8, 4) is 0 Å². The summed E-state index contributed by atoms with van der Waals surface area (Å²) in [6.45, 7) is 3.99. The molecule has 1 atom stereocenters. The molecule has 1 aliphatic heterocycles. The minimum atomic E-state index is -0.0619. The standard InChI is InChI=1S/C16H22N4O2/c1-12(21)17-10-14-9-15-11-19(7-8-20(15)18-14)16(22)13-5-3-2-4-6-13/h2-3,9,13H,4-8,10-11H2,1H3,(H,17,21)/t13-/m0/s1. The molecule has 0 spiro atoms. The molecule has 0 saturated carbocycles. The lowest BCUT2D eigenvalue weighted by Gasteiger charge is -2.31. The van der Waals surface area contributed by atoms with E-state index < -0.39 is 0 Å². The van der Waals surface area contributed by atoms with E-state index in [1.807, 2.05) is 15.6 Å². The Balaban J connectivity index is 1.64. The summed E-state index contributed by atoms with van der Waals surface area (Å²) in [6, 6.07) is 1.98. The highest BCUT2D eigenvalue weighted by molar-refractivity contribution is 5.79. The molecule has 2 amide bonds. The van der Waals surface area contributed by atoms with Crippen LogP contribution in [0.3, 0.4) is 0 Å². The van der Waals surface area contributed by atoms with E-state index >= 15 is 0 Å². The molecule has 0 bridgehead atoms. The van der Waals surface area contributed by atoms with Crippen molar-refractivity contribution in [2.45, 2.75) is 45.8 Å². The van der Waals surface area contributed by atoms with Gasteiger partial charge < -0.3 is 10.2 Å². The largest absolute Gasteiger partial charge is 0.351 e. The molecule has 0 fully saturated rings. The lowest BCUT2D eigenvalue weighted by atomic mass is 9.93. The molecular formula is C16H22N4O2. The minimum absolute atomic E-state index is 0.0619. The number of carbonyl (C=O) groups is 2. The number of aromatic nitrogens is 2. The fraction of sp³-hybridized carbons (Fsp3) is 0.562. The van der Waals surface area contributed by atoms with Crippen LogP contribution < -0.4 is 5.32 Å². The Bertz CT molecular complexity index is 605.